The molecular weight excluding hydrogens is 428 g/mol. The second-order valence-electron chi connectivity index (χ2n) is 6.91. The van der Waals surface area contributed by atoms with Gasteiger partial charge in [-0.05, 0) is 12.1 Å². The van der Waals surface area contributed by atoms with E-state index in [1.54, 1.807) is 0 Å². The SMILES string of the molecule is CC(=O)Nc1ccc([C@@H]2O[C@H](COC(C)=O)[C@@H](OC(C)=O)[C@H]2OC(C)=O)c(OC(C)=O)n1. The highest BCUT2D eigenvalue weighted by Gasteiger charge is 2.51. The van der Waals surface area contributed by atoms with Crippen LogP contribution in [0.15, 0.2) is 12.1 Å². The molecule has 1 fully saturated rings. The molecule has 1 aromatic rings. The van der Waals surface area contributed by atoms with Gasteiger partial charge in [-0.2, -0.15) is 4.98 Å². The van der Waals surface area contributed by atoms with Gasteiger partial charge in [-0.25, -0.2) is 0 Å². The third kappa shape index (κ3) is 6.74. The first-order valence-electron chi connectivity index (χ1n) is 9.58. The molecule has 2 heterocycles. The summed E-state index contributed by atoms with van der Waals surface area (Å²) in [5, 5.41) is 2.46. The summed E-state index contributed by atoms with van der Waals surface area (Å²) in [6.07, 6.45) is -4.38. The first-order chi connectivity index (χ1) is 15.0. The fourth-order valence-electron chi connectivity index (χ4n) is 3.10. The number of ether oxygens (including phenoxy) is 5. The summed E-state index contributed by atoms with van der Waals surface area (Å²) in [4.78, 5) is 61.8. The Morgan fingerprint density at radius 1 is 0.906 bits per heavy atom. The predicted octanol–water partition coefficient (Wildman–Crippen LogP) is 0.832. The minimum atomic E-state index is -1.17. The van der Waals surface area contributed by atoms with Crippen molar-refractivity contribution in [3.8, 4) is 5.88 Å². The van der Waals surface area contributed by atoms with Crippen LogP contribution in [0.2, 0.25) is 0 Å². The zero-order chi connectivity index (χ0) is 24.0. The van der Waals surface area contributed by atoms with E-state index in [9.17, 15) is 24.0 Å². The van der Waals surface area contributed by atoms with Crippen molar-refractivity contribution in [3.05, 3.63) is 17.7 Å². The zero-order valence-electron chi connectivity index (χ0n) is 18.2. The maximum absolute atomic E-state index is 11.8. The molecule has 0 bridgehead atoms. The fourth-order valence-corrected chi connectivity index (χ4v) is 3.10. The van der Waals surface area contributed by atoms with Gasteiger partial charge in [0.2, 0.25) is 11.8 Å². The number of nitrogens with one attached hydrogen (secondary N) is 1. The molecule has 0 aliphatic carbocycles. The average molecular weight is 452 g/mol. The minimum absolute atomic E-state index is 0.104. The lowest BCUT2D eigenvalue weighted by atomic mass is 10.0. The van der Waals surface area contributed by atoms with Crippen molar-refractivity contribution in [3.63, 3.8) is 0 Å². The zero-order valence-corrected chi connectivity index (χ0v) is 18.2. The standard InChI is InChI=1S/C20H24N2O10/c1-9(23)21-16-7-6-14(20(22-16)31-13(5)27)17-19(30-12(4)26)18(29-11(3)25)15(32-17)8-28-10(2)24/h6-7,15,17-19H,8H2,1-5H3,(H,21,22,23)/t15-,17+,18-,19+/m1/s1. The number of esters is 4. The summed E-state index contributed by atoms with van der Waals surface area (Å²) in [5.74, 6) is -3.16. The van der Waals surface area contributed by atoms with Crippen molar-refractivity contribution in [1.82, 2.24) is 4.98 Å². The Morgan fingerprint density at radius 3 is 2.06 bits per heavy atom. The van der Waals surface area contributed by atoms with E-state index >= 15 is 0 Å². The van der Waals surface area contributed by atoms with Gasteiger partial charge in [-0.1, -0.05) is 0 Å². The van der Waals surface area contributed by atoms with Crippen molar-refractivity contribution < 1.29 is 47.7 Å². The molecule has 1 aliphatic rings. The van der Waals surface area contributed by atoms with E-state index < -0.39 is 54.2 Å². The Labute approximate surface area is 183 Å². The number of pyridine rings is 1. The molecular formula is C20H24N2O10. The van der Waals surface area contributed by atoms with Crippen LogP contribution in [-0.2, 0) is 42.9 Å². The molecule has 12 heteroatoms. The molecule has 0 saturated carbocycles. The van der Waals surface area contributed by atoms with Crippen LogP contribution in [0.5, 0.6) is 5.88 Å². The van der Waals surface area contributed by atoms with Crippen LogP contribution in [-0.4, -0.2) is 59.7 Å². The Bertz CT molecular complexity index is 916. The van der Waals surface area contributed by atoms with E-state index in [4.69, 9.17) is 23.7 Å². The number of rotatable bonds is 7. The first kappa shape index (κ1) is 24.7. The number of carbonyl (C=O) groups is 5. The number of hydrogen-bond acceptors (Lipinski definition) is 11. The third-order valence-corrected chi connectivity index (χ3v) is 4.11. The molecule has 32 heavy (non-hydrogen) atoms. The lowest BCUT2D eigenvalue weighted by Crippen LogP contribution is -2.40. The van der Waals surface area contributed by atoms with Crippen LogP contribution in [0.1, 0.15) is 46.3 Å². The molecule has 4 atom stereocenters. The molecule has 174 valence electrons. The van der Waals surface area contributed by atoms with Crippen molar-refractivity contribution in [2.45, 2.75) is 59.0 Å². The van der Waals surface area contributed by atoms with Crippen molar-refractivity contribution in [2.75, 3.05) is 11.9 Å². The second kappa shape index (κ2) is 10.7. The molecule has 1 amide bonds. The number of anilines is 1. The van der Waals surface area contributed by atoms with Gasteiger partial charge >= 0.3 is 23.9 Å². The first-order valence-corrected chi connectivity index (χ1v) is 9.58. The van der Waals surface area contributed by atoms with Crippen LogP contribution >= 0.6 is 0 Å². The van der Waals surface area contributed by atoms with Gasteiger partial charge in [0.15, 0.2) is 12.2 Å². The number of nitrogens with zero attached hydrogens (tertiary/aromatic N) is 1. The van der Waals surface area contributed by atoms with Gasteiger partial charge in [0.25, 0.3) is 0 Å². The van der Waals surface area contributed by atoms with E-state index in [1.165, 1.54) is 26.0 Å². The average Bonchev–Trinajstić information content (AvgIpc) is 2.95. The van der Waals surface area contributed by atoms with E-state index in [2.05, 4.69) is 10.3 Å². The molecule has 1 aromatic heterocycles. The highest BCUT2D eigenvalue weighted by Crippen LogP contribution is 2.41. The minimum Gasteiger partial charge on any atom is -0.463 e. The Hall–Kier alpha value is -3.54. The Balaban J connectivity index is 2.51. The summed E-state index contributed by atoms with van der Waals surface area (Å²) >= 11 is 0. The molecule has 1 N–H and O–H groups in total. The molecule has 1 aliphatic heterocycles. The lowest BCUT2D eigenvalue weighted by molar-refractivity contribution is -0.165. The molecule has 0 spiro atoms. The van der Waals surface area contributed by atoms with Gasteiger partial charge in [0.1, 0.15) is 24.6 Å². The number of hydrogen-bond donors (Lipinski definition) is 1. The van der Waals surface area contributed by atoms with Gasteiger partial charge in [-0.3, -0.25) is 24.0 Å². The molecule has 0 unspecified atom stereocenters. The maximum Gasteiger partial charge on any atom is 0.309 e. The van der Waals surface area contributed by atoms with Crippen molar-refractivity contribution in [1.29, 1.82) is 0 Å². The summed E-state index contributed by atoms with van der Waals surface area (Å²) in [5.41, 5.74) is 0.183. The van der Waals surface area contributed by atoms with Crippen LogP contribution in [0, 0.1) is 0 Å². The molecule has 2 rings (SSSR count). The van der Waals surface area contributed by atoms with Gasteiger partial charge in [-0.15, -0.1) is 0 Å². The summed E-state index contributed by atoms with van der Waals surface area (Å²) in [6, 6.07) is 2.88. The molecule has 0 aromatic carbocycles. The largest absolute Gasteiger partial charge is 0.463 e. The van der Waals surface area contributed by atoms with Gasteiger partial charge in [0.05, 0.1) is 0 Å². The van der Waals surface area contributed by atoms with E-state index in [-0.39, 0.29) is 23.9 Å². The normalized spacial score (nSPS) is 21.9. The highest BCUT2D eigenvalue weighted by atomic mass is 16.6. The van der Waals surface area contributed by atoms with Gasteiger partial charge in [0, 0.05) is 40.2 Å². The number of aromatic nitrogens is 1. The summed E-state index contributed by atoms with van der Waals surface area (Å²) in [7, 11) is 0. The van der Waals surface area contributed by atoms with Crippen LogP contribution in [0.25, 0.3) is 0 Å². The number of carbonyl (C=O) groups excluding carboxylic acids is 5. The topological polar surface area (TPSA) is 156 Å². The summed E-state index contributed by atoms with van der Waals surface area (Å²) in [6.45, 7) is 5.66. The second-order valence-corrected chi connectivity index (χ2v) is 6.91. The highest BCUT2D eigenvalue weighted by molar-refractivity contribution is 5.87. The monoisotopic (exact) mass is 452 g/mol. The lowest BCUT2D eigenvalue weighted by Gasteiger charge is -2.24. The van der Waals surface area contributed by atoms with Crippen LogP contribution in [0.3, 0.4) is 0 Å². The third-order valence-electron chi connectivity index (χ3n) is 4.11. The predicted molar refractivity (Wildman–Crippen MR) is 105 cm³/mol. The maximum atomic E-state index is 11.8. The Morgan fingerprint density at radius 2 is 1.53 bits per heavy atom. The Kier molecular flexibility index (Phi) is 8.24. The quantitative estimate of drug-likeness (QED) is 0.462. The number of amides is 1. The fraction of sp³-hybridized carbons (Fsp3) is 0.500. The molecule has 1 saturated heterocycles. The van der Waals surface area contributed by atoms with E-state index in [1.807, 2.05) is 0 Å². The van der Waals surface area contributed by atoms with Crippen LogP contribution < -0.4 is 10.1 Å². The van der Waals surface area contributed by atoms with E-state index in [0.29, 0.717) is 0 Å². The molecule has 0 radical (unpaired) electrons. The van der Waals surface area contributed by atoms with Crippen LogP contribution in [0.4, 0.5) is 5.82 Å². The van der Waals surface area contributed by atoms with Gasteiger partial charge < -0.3 is 29.0 Å². The van der Waals surface area contributed by atoms with Crippen molar-refractivity contribution in [2.24, 2.45) is 0 Å². The molecule has 12 nitrogen and oxygen atoms in total. The van der Waals surface area contributed by atoms with Crippen molar-refractivity contribution >= 4 is 35.6 Å². The van der Waals surface area contributed by atoms with E-state index in [0.717, 1.165) is 20.8 Å². The smallest absolute Gasteiger partial charge is 0.309 e. The summed E-state index contributed by atoms with van der Waals surface area (Å²) < 4.78 is 26.7.